The summed E-state index contributed by atoms with van der Waals surface area (Å²) in [5.41, 5.74) is 25.0. The number of nitrogens with two attached hydrogens (primary N) is 4. The van der Waals surface area contributed by atoms with Gasteiger partial charge in [0.05, 0.1) is 12.1 Å². The Morgan fingerprint density at radius 2 is 1.20 bits per heavy atom. The largest absolute Gasteiger partial charge is 0.508 e. The number of aromatic nitrogens is 1. The minimum absolute atomic E-state index is 0.00126. The molecule has 384 valence electrons. The smallest absolute Gasteiger partial charge is 0.326 e. The number of aliphatic carboxylic acids is 1. The van der Waals surface area contributed by atoms with Crippen molar-refractivity contribution in [3.05, 3.63) is 102 Å². The molecule has 0 unspecified atom stereocenters. The van der Waals surface area contributed by atoms with Crippen LogP contribution in [0.25, 0.3) is 10.9 Å². The van der Waals surface area contributed by atoms with Crippen LogP contribution in [0.15, 0.2) is 90.1 Å². The Hall–Kier alpha value is -7.21. The second-order valence-corrected chi connectivity index (χ2v) is 17.4. The average Bonchev–Trinajstić information content (AvgIpc) is 3.75. The molecule has 0 aliphatic rings. The quantitative estimate of drug-likeness (QED) is 0.0130. The summed E-state index contributed by atoms with van der Waals surface area (Å²) in [6.45, 7) is 1.71. The summed E-state index contributed by atoms with van der Waals surface area (Å²) in [6, 6.07) is 12.1. The van der Waals surface area contributed by atoms with Gasteiger partial charge in [-0.1, -0.05) is 60.7 Å². The first-order chi connectivity index (χ1) is 33.9. The molecule has 0 aliphatic heterocycles. The number of nitrogens with zero attached hydrogens (tertiary/aromatic N) is 1. The summed E-state index contributed by atoms with van der Waals surface area (Å²) >= 11 is 4.27. The number of hydrogen-bond donors (Lipinski definition) is 15. The van der Waals surface area contributed by atoms with Crippen LogP contribution < -0.4 is 54.8 Å². The van der Waals surface area contributed by atoms with Gasteiger partial charge in [0.1, 0.15) is 42.0 Å². The number of carboxylic acid groups (broad SMARTS) is 1. The first kappa shape index (κ1) is 56.4. The Kier molecular flexibility index (Phi) is 22.6. The van der Waals surface area contributed by atoms with E-state index in [1.807, 2.05) is 18.2 Å². The summed E-state index contributed by atoms with van der Waals surface area (Å²) in [7, 11) is 0. The van der Waals surface area contributed by atoms with Crippen molar-refractivity contribution in [1.82, 2.24) is 36.9 Å². The van der Waals surface area contributed by atoms with Crippen LogP contribution in [0.2, 0.25) is 0 Å². The molecule has 1 heterocycles. The maximum absolute atomic E-state index is 14.6. The highest BCUT2D eigenvalue weighted by atomic mass is 32.1. The molecule has 0 fully saturated rings. The van der Waals surface area contributed by atoms with Gasteiger partial charge in [0, 0.05) is 48.7 Å². The Balaban J connectivity index is 1.62. The van der Waals surface area contributed by atoms with Gasteiger partial charge in [-0.15, -0.1) is 0 Å². The number of carbonyl (C=O) groups excluding carboxylic acids is 6. The lowest BCUT2D eigenvalue weighted by atomic mass is 10.0. The molecule has 6 amide bonds. The Labute approximate surface area is 416 Å². The predicted molar refractivity (Wildman–Crippen MR) is 270 cm³/mol. The molecule has 1 aromatic heterocycles. The molecule has 22 nitrogen and oxygen atoms in total. The molecule has 4 rings (SSSR count). The highest BCUT2D eigenvalue weighted by Crippen LogP contribution is 2.20. The summed E-state index contributed by atoms with van der Waals surface area (Å²) in [5, 5.41) is 46.9. The van der Waals surface area contributed by atoms with E-state index in [-0.39, 0.29) is 62.7 Å². The lowest BCUT2D eigenvalue weighted by Gasteiger charge is -2.28. The number of rotatable bonds is 29. The molecule has 18 N–H and O–H groups in total. The van der Waals surface area contributed by atoms with E-state index in [2.05, 4.69) is 54.5 Å². The number of aliphatic hydroxyl groups excluding tert-OH is 1. The summed E-state index contributed by atoms with van der Waals surface area (Å²) in [6.07, 6.45) is 1.08. The van der Waals surface area contributed by atoms with Gasteiger partial charge in [0.25, 0.3) is 0 Å². The number of unbranched alkanes of at least 4 members (excludes halogenated alkanes) is 1. The molecule has 71 heavy (non-hydrogen) atoms. The number of para-hydroxylation sites is 1. The van der Waals surface area contributed by atoms with Gasteiger partial charge in [-0.05, 0) is 80.5 Å². The van der Waals surface area contributed by atoms with Crippen LogP contribution in [0.4, 0.5) is 0 Å². The van der Waals surface area contributed by atoms with Crippen LogP contribution in [0, 0.1) is 0 Å². The van der Waals surface area contributed by atoms with E-state index < -0.39 is 89.8 Å². The van der Waals surface area contributed by atoms with Gasteiger partial charge in [-0.3, -0.25) is 33.8 Å². The van der Waals surface area contributed by atoms with Gasteiger partial charge >= 0.3 is 5.97 Å². The molecule has 0 saturated heterocycles. The fraction of sp³-hybridized carbons (Fsp3) is 0.417. The summed E-state index contributed by atoms with van der Waals surface area (Å²) in [5.74, 6) is -6.76. The molecule has 0 spiro atoms. The number of aliphatic hydroxyl groups is 1. The van der Waals surface area contributed by atoms with Crippen molar-refractivity contribution in [3.63, 3.8) is 0 Å². The third kappa shape index (κ3) is 18.2. The minimum Gasteiger partial charge on any atom is -0.508 e. The third-order valence-corrected chi connectivity index (χ3v) is 11.8. The minimum atomic E-state index is -1.66. The number of carbonyl (C=O) groups is 7. The number of thiol groups is 1. The lowest BCUT2D eigenvalue weighted by molar-refractivity contribution is -0.143. The zero-order valence-electron chi connectivity index (χ0n) is 39.4. The average molecular weight is 1000 g/mol. The van der Waals surface area contributed by atoms with Crippen molar-refractivity contribution < 1.29 is 48.9 Å². The predicted octanol–water partition coefficient (Wildman–Crippen LogP) is -1.28. The van der Waals surface area contributed by atoms with Crippen molar-refractivity contribution in [1.29, 1.82) is 0 Å². The molecule has 8 atom stereocenters. The standard InChI is InChI=1S/C48H66N12O10S/c1-27(61)40(46(68)58-38(47(69)70)23-28-10-3-2-4-11-28)60-42(64)35(15-7-8-20-49)55-44(66)37(24-30-25-54-34-14-6-5-12-32(30)34)57-43(65)36(22-29-16-18-31(62)19-17-29)56-45(67)39(26-71)59-41(63)33(50)13-9-21-53-48(51)52/h2-6,10-12,14,16-19,25,27,33,35-40,54,61-62,71H,7-9,13,15,20-24,26,49-50H2,1H3,(H,55,66)(H,56,67)(H,57,65)(H,58,68)(H,59,63)(H,60,64)(H,69,70)(H4,51,52,53)/t27-,33+,35+,36+,37-,38+,39+,40+/m1/s1. The number of phenols is 1. The van der Waals surface area contributed by atoms with E-state index >= 15 is 0 Å². The number of aliphatic imine (C=N–C) groups is 1. The topological polar surface area (TPSA) is 385 Å². The maximum atomic E-state index is 14.6. The van der Waals surface area contributed by atoms with Gasteiger partial charge < -0.3 is 75.1 Å². The molecular formula is C48H66N12O10S. The second kappa shape index (κ2) is 28.5. The number of carboxylic acids is 1. The van der Waals surface area contributed by atoms with Crippen LogP contribution in [-0.2, 0) is 52.8 Å². The van der Waals surface area contributed by atoms with E-state index in [0.717, 1.165) is 10.9 Å². The van der Waals surface area contributed by atoms with E-state index in [9.17, 15) is 48.9 Å². The zero-order valence-corrected chi connectivity index (χ0v) is 40.3. The number of hydrogen-bond acceptors (Lipinski definition) is 13. The van der Waals surface area contributed by atoms with Crippen molar-refractivity contribution in [2.24, 2.45) is 27.9 Å². The number of fused-ring (bicyclic) bond motifs is 1. The number of aromatic amines is 1. The lowest BCUT2D eigenvalue weighted by Crippen LogP contribution is -2.61. The SMILES string of the molecule is C[C@@H](O)[C@H](NC(=O)[C@H](CCCCN)NC(=O)[C@@H](Cc1c[nH]c2ccccc12)NC(=O)[C@H](Cc1ccc(O)cc1)NC(=O)[C@H](CS)NC(=O)[C@@H](N)CCCN=C(N)N)C(=O)N[C@@H](Cc1ccccc1)C(=O)O. The Morgan fingerprint density at radius 1 is 0.648 bits per heavy atom. The third-order valence-electron chi connectivity index (χ3n) is 11.4. The van der Waals surface area contributed by atoms with Gasteiger partial charge in [-0.25, -0.2) is 4.79 Å². The Bertz CT molecular complexity index is 2430. The Morgan fingerprint density at radius 3 is 1.82 bits per heavy atom. The molecule has 3 aromatic carbocycles. The van der Waals surface area contributed by atoms with Crippen LogP contribution >= 0.6 is 12.6 Å². The zero-order chi connectivity index (χ0) is 52.0. The van der Waals surface area contributed by atoms with Crippen molar-refractivity contribution in [3.8, 4) is 5.75 Å². The van der Waals surface area contributed by atoms with E-state index in [1.54, 1.807) is 42.6 Å². The fourth-order valence-corrected chi connectivity index (χ4v) is 7.74. The highest BCUT2D eigenvalue weighted by molar-refractivity contribution is 7.80. The molecule has 0 saturated carbocycles. The maximum Gasteiger partial charge on any atom is 0.326 e. The molecule has 4 aromatic rings. The molecule has 0 bridgehead atoms. The van der Waals surface area contributed by atoms with Crippen molar-refractivity contribution in [2.45, 2.75) is 107 Å². The van der Waals surface area contributed by atoms with Crippen LogP contribution in [-0.4, -0.2) is 135 Å². The molecule has 0 aliphatic carbocycles. The number of benzene rings is 3. The van der Waals surface area contributed by atoms with Gasteiger partial charge in [0.15, 0.2) is 5.96 Å². The number of amides is 6. The van der Waals surface area contributed by atoms with Crippen molar-refractivity contribution in [2.75, 3.05) is 18.8 Å². The normalized spacial score (nSPS) is 14.5. The summed E-state index contributed by atoms with van der Waals surface area (Å²) in [4.78, 5) is 103. The number of guanidine groups is 1. The molecule has 0 radical (unpaired) electrons. The van der Waals surface area contributed by atoms with E-state index in [4.69, 9.17) is 22.9 Å². The first-order valence-electron chi connectivity index (χ1n) is 23.1. The number of H-pyrrole nitrogens is 1. The monoisotopic (exact) mass is 1000 g/mol. The van der Waals surface area contributed by atoms with E-state index in [0.29, 0.717) is 36.0 Å². The molecule has 23 heteroatoms. The van der Waals surface area contributed by atoms with Crippen LogP contribution in [0.3, 0.4) is 0 Å². The number of nitrogens with one attached hydrogen (secondary N) is 7. The van der Waals surface area contributed by atoms with Gasteiger partial charge in [-0.2, -0.15) is 12.6 Å². The fourth-order valence-electron chi connectivity index (χ4n) is 7.48. The van der Waals surface area contributed by atoms with E-state index in [1.165, 1.54) is 31.2 Å². The number of phenolic OH excluding ortho intramolecular Hbond substituents is 1. The first-order valence-corrected chi connectivity index (χ1v) is 23.8. The van der Waals surface area contributed by atoms with Gasteiger partial charge in [0.2, 0.25) is 35.4 Å². The summed E-state index contributed by atoms with van der Waals surface area (Å²) < 4.78 is 0. The highest BCUT2D eigenvalue weighted by Gasteiger charge is 2.35. The molecular weight excluding hydrogens is 937 g/mol. The second-order valence-electron chi connectivity index (χ2n) is 17.0. The van der Waals surface area contributed by atoms with Crippen LogP contribution in [0.1, 0.15) is 55.7 Å². The number of aromatic hydroxyl groups is 1. The van der Waals surface area contributed by atoms with Crippen LogP contribution in [0.5, 0.6) is 5.75 Å². The van der Waals surface area contributed by atoms with Crippen molar-refractivity contribution >= 4 is 70.9 Å².